The van der Waals surface area contributed by atoms with Gasteiger partial charge in [0.1, 0.15) is 37.1 Å². The molecule has 2 saturated heterocycles. The van der Waals surface area contributed by atoms with Crippen LogP contribution < -0.4 is 5.73 Å². The maximum atomic E-state index is 11.9. The second kappa shape index (κ2) is 17.7. The molecular formula is C36H45NO9. The lowest BCUT2D eigenvalue weighted by Gasteiger charge is -2.48. The molecule has 3 unspecified atom stereocenters. The maximum Gasteiger partial charge on any atom is 0.243 e. The van der Waals surface area contributed by atoms with Gasteiger partial charge in [-0.2, -0.15) is 0 Å². The van der Waals surface area contributed by atoms with Crippen molar-refractivity contribution < 1.29 is 43.1 Å². The van der Waals surface area contributed by atoms with Gasteiger partial charge in [0, 0.05) is 7.11 Å². The van der Waals surface area contributed by atoms with E-state index in [2.05, 4.69) is 0 Å². The van der Waals surface area contributed by atoms with E-state index < -0.39 is 48.8 Å². The van der Waals surface area contributed by atoms with Crippen LogP contribution in [0.2, 0.25) is 0 Å². The molecule has 0 aliphatic carbocycles. The van der Waals surface area contributed by atoms with E-state index in [9.17, 15) is 9.90 Å². The van der Waals surface area contributed by atoms with Gasteiger partial charge < -0.3 is 44.0 Å². The van der Waals surface area contributed by atoms with Crippen LogP contribution in [0.3, 0.4) is 0 Å². The number of carbonyl (C=O) groups is 1. The summed E-state index contributed by atoms with van der Waals surface area (Å²) < 4.78 is 43.8. The molecule has 10 heteroatoms. The minimum Gasteiger partial charge on any atom is -0.388 e. The number of hydrogen-bond acceptors (Lipinski definition) is 9. The topological polar surface area (TPSA) is 128 Å². The summed E-state index contributed by atoms with van der Waals surface area (Å²) in [4.78, 5) is 11.2. The minimum absolute atomic E-state index is 0.186. The highest BCUT2D eigenvalue weighted by atomic mass is 16.7. The predicted octanol–water partition coefficient (Wildman–Crippen LogP) is 3.91. The minimum atomic E-state index is -1.09. The van der Waals surface area contributed by atoms with Gasteiger partial charge in [-0.1, -0.05) is 91.0 Å². The smallest absolute Gasteiger partial charge is 0.243 e. The Bertz CT molecular complexity index is 1300. The lowest BCUT2D eigenvalue weighted by molar-refractivity contribution is -0.336. The highest BCUT2D eigenvalue weighted by Crippen LogP contribution is 2.35. The van der Waals surface area contributed by atoms with Crippen molar-refractivity contribution in [3.05, 3.63) is 108 Å². The van der Waals surface area contributed by atoms with Crippen molar-refractivity contribution in [1.29, 1.82) is 0 Å². The molecule has 2 fully saturated rings. The SMILES string of the molecule is CO[C@H]1O[C@H](C(O)C2CCCC(COCC(N)=O)O2)[C@@H](OCc2ccccc2)[C@H](OCc2ccccc2)[C@H]1OCc1ccccc1. The molecule has 0 aromatic heterocycles. The van der Waals surface area contributed by atoms with Crippen LogP contribution in [0.1, 0.15) is 36.0 Å². The van der Waals surface area contributed by atoms with Crippen molar-refractivity contribution in [2.75, 3.05) is 20.3 Å². The van der Waals surface area contributed by atoms with Crippen molar-refractivity contribution >= 4 is 5.91 Å². The third-order valence-corrected chi connectivity index (χ3v) is 8.27. The maximum absolute atomic E-state index is 11.9. The molecule has 2 heterocycles. The van der Waals surface area contributed by atoms with E-state index in [0.29, 0.717) is 19.6 Å². The average molecular weight is 636 g/mol. The number of aliphatic hydroxyl groups is 1. The number of carbonyl (C=O) groups excluding carboxylic acids is 1. The molecular weight excluding hydrogens is 590 g/mol. The number of nitrogens with two attached hydrogens (primary N) is 1. The summed E-state index contributed by atoms with van der Waals surface area (Å²) in [5.74, 6) is -0.544. The fourth-order valence-corrected chi connectivity index (χ4v) is 5.96. The third kappa shape index (κ3) is 9.66. The zero-order valence-electron chi connectivity index (χ0n) is 26.2. The van der Waals surface area contributed by atoms with Gasteiger partial charge in [-0.25, -0.2) is 0 Å². The summed E-state index contributed by atoms with van der Waals surface area (Å²) >= 11 is 0. The molecule has 0 bridgehead atoms. The van der Waals surface area contributed by atoms with E-state index in [1.165, 1.54) is 0 Å². The lowest BCUT2D eigenvalue weighted by Crippen LogP contribution is -2.65. The van der Waals surface area contributed by atoms with Crippen molar-refractivity contribution in [3.63, 3.8) is 0 Å². The van der Waals surface area contributed by atoms with Crippen molar-refractivity contribution in [2.45, 2.75) is 88.1 Å². The first kappa shape index (κ1) is 34.2. The largest absolute Gasteiger partial charge is 0.388 e. The number of amides is 1. The van der Waals surface area contributed by atoms with E-state index in [1.54, 1.807) is 7.11 Å². The number of aliphatic hydroxyl groups excluding tert-OH is 1. The van der Waals surface area contributed by atoms with Gasteiger partial charge in [0.05, 0.1) is 38.6 Å². The molecule has 46 heavy (non-hydrogen) atoms. The quantitative estimate of drug-likeness (QED) is 0.241. The van der Waals surface area contributed by atoms with E-state index in [-0.39, 0.29) is 25.9 Å². The summed E-state index contributed by atoms with van der Waals surface area (Å²) in [7, 11) is 1.55. The molecule has 1 amide bonds. The summed E-state index contributed by atoms with van der Waals surface area (Å²) in [6.07, 6.45) is -3.65. The first-order valence-corrected chi connectivity index (χ1v) is 15.9. The molecule has 0 spiro atoms. The second-order valence-electron chi connectivity index (χ2n) is 11.7. The van der Waals surface area contributed by atoms with Crippen LogP contribution in [0.25, 0.3) is 0 Å². The van der Waals surface area contributed by atoms with Crippen LogP contribution >= 0.6 is 0 Å². The normalized spacial score (nSPS) is 27.2. The van der Waals surface area contributed by atoms with Crippen molar-refractivity contribution in [1.82, 2.24) is 0 Å². The molecule has 2 aliphatic rings. The van der Waals surface area contributed by atoms with E-state index in [4.69, 9.17) is 38.9 Å². The molecule has 10 nitrogen and oxygen atoms in total. The Hall–Kier alpha value is -3.19. The second-order valence-corrected chi connectivity index (χ2v) is 11.7. The number of ether oxygens (including phenoxy) is 7. The number of rotatable bonds is 16. The Kier molecular flexibility index (Phi) is 13.1. The van der Waals surface area contributed by atoms with Gasteiger partial charge in [0.15, 0.2) is 6.29 Å². The van der Waals surface area contributed by atoms with Crippen LogP contribution in [-0.2, 0) is 57.8 Å². The van der Waals surface area contributed by atoms with Crippen LogP contribution in [0.15, 0.2) is 91.0 Å². The molecule has 0 saturated carbocycles. The predicted molar refractivity (Wildman–Crippen MR) is 169 cm³/mol. The number of primary amides is 1. The molecule has 8 atom stereocenters. The van der Waals surface area contributed by atoms with Gasteiger partial charge >= 0.3 is 0 Å². The first-order chi connectivity index (χ1) is 22.5. The first-order valence-electron chi connectivity index (χ1n) is 15.9. The molecule has 248 valence electrons. The summed E-state index contributed by atoms with van der Waals surface area (Å²) in [6.45, 7) is 0.873. The van der Waals surface area contributed by atoms with Crippen LogP contribution in [0.5, 0.6) is 0 Å². The lowest BCUT2D eigenvalue weighted by atomic mass is 9.89. The van der Waals surface area contributed by atoms with Gasteiger partial charge in [-0.05, 0) is 36.0 Å². The Balaban J connectivity index is 1.41. The van der Waals surface area contributed by atoms with Crippen LogP contribution in [0.4, 0.5) is 0 Å². The third-order valence-electron chi connectivity index (χ3n) is 8.27. The molecule has 2 aliphatic heterocycles. The van der Waals surface area contributed by atoms with Gasteiger partial charge in [0.25, 0.3) is 0 Å². The van der Waals surface area contributed by atoms with Gasteiger partial charge in [-0.15, -0.1) is 0 Å². The highest BCUT2D eigenvalue weighted by molar-refractivity contribution is 5.74. The Morgan fingerprint density at radius 1 is 0.783 bits per heavy atom. The van der Waals surface area contributed by atoms with Crippen LogP contribution in [-0.4, -0.2) is 80.4 Å². The summed E-state index contributed by atoms with van der Waals surface area (Å²) in [5, 5.41) is 11.9. The van der Waals surface area contributed by atoms with E-state index >= 15 is 0 Å². The van der Waals surface area contributed by atoms with Crippen LogP contribution in [0, 0.1) is 0 Å². The summed E-state index contributed by atoms with van der Waals surface area (Å²) in [6, 6.07) is 29.6. The van der Waals surface area contributed by atoms with Gasteiger partial charge in [0.2, 0.25) is 5.91 Å². The Morgan fingerprint density at radius 2 is 1.30 bits per heavy atom. The van der Waals surface area contributed by atoms with Crippen molar-refractivity contribution in [3.8, 4) is 0 Å². The Morgan fingerprint density at radius 3 is 1.83 bits per heavy atom. The monoisotopic (exact) mass is 635 g/mol. The molecule has 5 rings (SSSR count). The number of methoxy groups -OCH3 is 1. The fourth-order valence-electron chi connectivity index (χ4n) is 5.96. The fraction of sp³-hybridized carbons (Fsp3) is 0.472. The molecule has 3 aromatic carbocycles. The zero-order chi connectivity index (χ0) is 32.1. The molecule has 3 aromatic rings. The Labute approximate surface area is 270 Å². The van der Waals surface area contributed by atoms with E-state index in [1.807, 2.05) is 91.0 Å². The van der Waals surface area contributed by atoms with E-state index in [0.717, 1.165) is 29.5 Å². The van der Waals surface area contributed by atoms with Gasteiger partial charge in [-0.3, -0.25) is 4.79 Å². The summed E-state index contributed by atoms with van der Waals surface area (Å²) in [5.41, 5.74) is 8.16. The average Bonchev–Trinajstić information content (AvgIpc) is 3.09. The van der Waals surface area contributed by atoms with Crippen molar-refractivity contribution in [2.24, 2.45) is 5.73 Å². The number of benzene rings is 3. The molecule has 0 radical (unpaired) electrons. The number of hydrogen-bond donors (Lipinski definition) is 2. The standard InChI is InChI=1S/C36H45NO9/c1-40-36-35(44-22-27-16-9-4-10-17-27)34(43-21-26-14-7-3-8-15-26)33(42-20-25-12-5-2-6-13-25)32(46-36)31(39)29-19-11-18-28(45-29)23-41-24-30(37)38/h2-10,12-17,28-29,31-36,39H,11,18-24H2,1H3,(H2,37,38)/t28?,29?,31?,32-,33-,34+,35-,36+/m1/s1. The zero-order valence-corrected chi connectivity index (χ0v) is 26.2. The molecule has 3 N–H and O–H groups in total. The highest BCUT2D eigenvalue weighted by Gasteiger charge is 2.52.